The topological polar surface area (TPSA) is 55.4 Å². The Hall–Kier alpha value is -2.05. The van der Waals surface area contributed by atoms with Crippen LogP contribution in [0.3, 0.4) is 0 Å². The molecule has 0 radical (unpaired) electrons. The SMILES string of the molecule is CC1(C)C=C(c2ccc(Cl)c(F)c2)c2ccc(NS(C)(=O)=O)cc2O1. The summed E-state index contributed by atoms with van der Waals surface area (Å²) < 4.78 is 45.1. The van der Waals surface area contributed by atoms with Crippen LogP contribution in [0.5, 0.6) is 5.75 Å². The molecule has 0 atom stereocenters. The van der Waals surface area contributed by atoms with Crippen molar-refractivity contribution in [3.05, 3.63) is 64.4 Å². The molecule has 1 aliphatic heterocycles. The van der Waals surface area contributed by atoms with Crippen LogP contribution in [-0.2, 0) is 10.0 Å². The number of benzene rings is 2. The normalized spacial score (nSPS) is 15.8. The third kappa shape index (κ3) is 3.96. The van der Waals surface area contributed by atoms with E-state index in [1.165, 1.54) is 12.1 Å². The maximum Gasteiger partial charge on any atom is 0.229 e. The van der Waals surface area contributed by atoms with Gasteiger partial charge in [0.2, 0.25) is 10.0 Å². The van der Waals surface area contributed by atoms with Gasteiger partial charge in [-0.05, 0) is 55.3 Å². The summed E-state index contributed by atoms with van der Waals surface area (Å²) in [5.41, 5.74) is 1.99. The summed E-state index contributed by atoms with van der Waals surface area (Å²) in [4.78, 5) is 0. The van der Waals surface area contributed by atoms with Crippen LogP contribution in [0.15, 0.2) is 42.5 Å². The molecule has 0 unspecified atom stereocenters. The Labute approximate surface area is 151 Å². The van der Waals surface area contributed by atoms with Crippen LogP contribution < -0.4 is 9.46 Å². The number of nitrogens with one attached hydrogen (secondary N) is 1. The van der Waals surface area contributed by atoms with Crippen molar-refractivity contribution in [1.29, 1.82) is 0 Å². The predicted octanol–water partition coefficient (Wildman–Crippen LogP) is 4.45. The third-order valence-electron chi connectivity index (χ3n) is 3.67. The average Bonchev–Trinajstić information content (AvgIpc) is 2.46. The molecule has 1 aliphatic rings. The van der Waals surface area contributed by atoms with E-state index < -0.39 is 21.4 Å². The van der Waals surface area contributed by atoms with Gasteiger partial charge in [0.05, 0.1) is 17.0 Å². The van der Waals surface area contributed by atoms with E-state index in [1.54, 1.807) is 24.3 Å². The van der Waals surface area contributed by atoms with E-state index in [2.05, 4.69) is 4.72 Å². The van der Waals surface area contributed by atoms with Crippen LogP contribution in [0.1, 0.15) is 25.0 Å². The summed E-state index contributed by atoms with van der Waals surface area (Å²) in [6.07, 6.45) is 2.99. The first kappa shape index (κ1) is 17.8. The summed E-state index contributed by atoms with van der Waals surface area (Å²) in [5.74, 6) is 0.0211. The van der Waals surface area contributed by atoms with E-state index in [9.17, 15) is 12.8 Å². The average molecular weight is 382 g/mol. The lowest BCUT2D eigenvalue weighted by atomic mass is 9.90. The Morgan fingerprint density at radius 2 is 1.88 bits per heavy atom. The Bertz CT molecular complexity index is 984. The maximum atomic E-state index is 13.9. The summed E-state index contributed by atoms with van der Waals surface area (Å²) in [5, 5.41) is 0.0589. The molecule has 0 saturated heterocycles. The summed E-state index contributed by atoms with van der Waals surface area (Å²) in [6, 6.07) is 9.64. The van der Waals surface area contributed by atoms with E-state index in [-0.39, 0.29) is 5.02 Å². The fraction of sp³-hybridized carbons (Fsp3) is 0.222. The molecule has 2 aromatic carbocycles. The molecule has 0 aromatic heterocycles. The summed E-state index contributed by atoms with van der Waals surface area (Å²) >= 11 is 5.77. The molecule has 2 aromatic rings. The highest BCUT2D eigenvalue weighted by atomic mass is 35.5. The highest BCUT2D eigenvalue weighted by molar-refractivity contribution is 7.92. The zero-order valence-electron chi connectivity index (χ0n) is 13.9. The smallest absolute Gasteiger partial charge is 0.229 e. The van der Waals surface area contributed by atoms with Crippen molar-refractivity contribution in [2.45, 2.75) is 19.4 Å². The second kappa shape index (κ2) is 6.04. The summed E-state index contributed by atoms with van der Waals surface area (Å²) in [6.45, 7) is 3.75. The van der Waals surface area contributed by atoms with Gasteiger partial charge in [-0.1, -0.05) is 17.7 Å². The number of sulfonamides is 1. The highest BCUT2D eigenvalue weighted by Gasteiger charge is 2.28. The number of hydrogen-bond acceptors (Lipinski definition) is 3. The van der Waals surface area contributed by atoms with Gasteiger partial charge in [-0.25, -0.2) is 12.8 Å². The van der Waals surface area contributed by atoms with Crippen molar-refractivity contribution < 1.29 is 17.5 Å². The van der Waals surface area contributed by atoms with Crippen LogP contribution in [0, 0.1) is 5.82 Å². The van der Waals surface area contributed by atoms with Gasteiger partial charge in [-0.2, -0.15) is 0 Å². The molecule has 7 heteroatoms. The molecule has 25 heavy (non-hydrogen) atoms. The second-order valence-corrected chi connectivity index (χ2v) is 8.63. The first-order chi connectivity index (χ1) is 11.5. The highest BCUT2D eigenvalue weighted by Crippen LogP contribution is 2.41. The minimum absolute atomic E-state index is 0.0589. The van der Waals surface area contributed by atoms with Gasteiger partial charge in [-0.15, -0.1) is 0 Å². The largest absolute Gasteiger partial charge is 0.483 e. The van der Waals surface area contributed by atoms with Crippen LogP contribution in [-0.4, -0.2) is 20.3 Å². The molecule has 0 saturated carbocycles. The monoisotopic (exact) mass is 381 g/mol. The molecular weight excluding hydrogens is 365 g/mol. The number of anilines is 1. The van der Waals surface area contributed by atoms with E-state index in [1.807, 2.05) is 19.9 Å². The second-order valence-electron chi connectivity index (χ2n) is 6.48. The van der Waals surface area contributed by atoms with E-state index >= 15 is 0 Å². The van der Waals surface area contributed by atoms with E-state index in [0.717, 1.165) is 17.4 Å². The van der Waals surface area contributed by atoms with Crippen LogP contribution in [0.2, 0.25) is 5.02 Å². The molecule has 4 nitrogen and oxygen atoms in total. The minimum atomic E-state index is -3.39. The van der Waals surface area contributed by atoms with E-state index in [4.69, 9.17) is 16.3 Å². The first-order valence-corrected chi connectivity index (χ1v) is 9.80. The fourth-order valence-electron chi connectivity index (χ4n) is 2.75. The Morgan fingerprint density at radius 1 is 1.16 bits per heavy atom. The Morgan fingerprint density at radius 3 is 2.52 bits per heavy atom. The minimum Gasteiger partial charge on any atom is -0.483 e. The van der Waals surface area contributed by atoms with Crippen LogP contribution in [0.4, 0.5) is 10.1 Å². The molecule has 0 fully saturated rings. The fourth-order valence-corrected chi connectivity index (χ4v) is 3.42. The van der Waals surface area contributed by atoms with Crippen LogP contribution in [0.25, 0.3) is 5.57 Å². The molecule has 0 bridgehead atoms. The quantitative estimate of drug-likeness (QED) is 0.854. The zero-order valence-corrected chi connectivity index (χ0v) is 15.5. The van der Waals surface area contributed by atoms with Crippen molar-refractivity contribution in [2.75, 3.05) is 11.0 Å². The number of ether oxygens (including phenoxy) is 1. The predicted molar refractivity (Wildman–Crippen MR) is 98.1 cm³/mol. The first-order valence-electron chi connectivity index (χ1n) is 7.54. The number of halogens is 2. The molecule has 0 spiro atoms. The number of fused-ring (bicyclic) bond motifs is 1. The van der Waals surface area contributed by atoms with Crippen molar-refractivity contribution in [3.63, 3.8) is 0 Å². The Kier molecular flexibility index (Phi) is 4.29. The number of hydrogen-bond donors (Lipinski definition) is 1. The van der Waals surface area contributed by atoms with Gasteiger partial charge in [0.15, 0.2) is 0 Å². The lowest BCUT2D eigenvalue weighted by Gasteiger charge is -2.31. The van der Waals surface area contributed by atoms with Gasteiger partial charge in [-0.3, -0.25) is 4.72 Å². The van der Waals surface area contributed by atoms with Crippen LogP contribution >= 0.6 is 11.6 Å². The molecule has 3 rings (SSSR count). The standard InChI is InChI=1S/C18H17ClFNO3S/c1-18(2)10-14(11-4-7-15(19)16(20)8-11)13-6-5-12(9-17(13)24-18)21-25(3,22)23/h4-10,21H,1-3H3. The summed E-state index contributed by atoms with van der Waals surface area (Å²) in [7, 11) is -3.39. The Balaban J connectivity index is 2.11. The van der Waals surface area contributed by atoms with E-state index in [0.29, 0.717) is 17.0 Å². The van der Waals surface area contributed by atoms with Gasteiger partial charge >= 0.3 is 0 Å². The molecule has 132 valence electrons. The van der Waals surface area contributed by atoms with Gasteiger partial charge in [0.1, 0.15) is 17.2 Å². The zero-order chi connectivity index (χ0) is 18.4. The van der Waals surface area contributed by atoms with Crippen molar-refractivity contribution >= 4 is 32.9 Å². The van der Waals surface area contributed by atoms with Crippen molar-refractivity contribution in [3.8, 4) is 5.75 Å². The lowest BCUT2D eigenvalue weighted by Crippen LogP contribution is -2.29. The molecular formula is C18H17ClFNO3S. The molecule has 0 aliphatic carbocycles. The number of rotatable bonds is 3. The van der Waals surface area contributed by atoms with Gasteiger partial charge in [0.25, 0.3) is 0 Å². The molecule has 1 heterocycles. The third-order valence-corrected chi connectivity index (χ3v) is 4.58. The van der Waals surface area contributed by atoms with Gasteiger partial charge < -0.3 is 4.74 Å². The molecule has 1 N–H and O–H groups in total. The van der Waals surface area contributed by atoms with Crippen molar-refractivity contribution in [1.82, 2.24) is 0 Å². The lowest BCUT2D eigenvalue weighted by molar-refractivity contribution is 0.158. The van der Waals surface area contributed by atoms with Gasteiger partial charge in [0, 0.05) is 11.6 Å². The van der Waals surface area contributed by atoms with Crippen molar-refractivity contribution in [2.24, 2.45) is 0 Å². The maximum absolute atomic E-state index is 13.9. The molecule has 0 amide bonds.